The van der Waals surface area contributed by atoms with E-state index in [1.54, 1.807) is 7.11 Å². The Balaban J connectivity index is 1.28. The minimum Gasteiger partial charge on any atom is -0.497 e. The molecule has 1 saturated heterocycles. The summed E-state index contributed by atoms with van der Waals surface area (Å²) in [6, 6.07) is 34.9. The Bertz CT molecular complexity index is 1160. The molecule has 4 aromatic carbocycles. The van der Waals surface area contributed by atoms with Crippen LogP contribution in [0.25, 0.3) is 10.8 Å². The van der Waals surface area contributed by atoms with Crippen molar-refractivity contribution in [2.24, 2.45) is 5.92 Å². The standard InChI is InChI=1S/C30H32N2O/c1-33-29-15-13-25(14-16-29)30(31-28-9-3-2-4-10-28)26-17-19-32(20-18-26)22-23-11-12-24-7-5-6-8-27(24)21-23/h2-16,21,26,30-31H,17-20,22H2,1H3. The molecule has 3 nitrogen and oxygen atoms in total. The van der Waals surface area contributed by atoms with Crippen molar-refractivity contribution in [2.75, 3.05) is 25.5 Å². The minimum atomic E-state index is 0.293. The zero-order valence-electron chi connectivity index (χ0n) is 19.3. The van der Waals surface area contributed by atoms with Crippen LogP contribution in [0.4, 0.5) is 5.69 Å². The van der Waals surface area contributed by atoms with Crippen LogP contribution in [0.3, 0.4) is 0 Å². The Morgan fingerprint density at radius 3 is 2.24 bits per heavy atom. The van der Waals surface area contributed by atoms with E-state index in [1.807, 2.05) is 0 Å². The number of methoxy groups -OCH3 is 1. The smallest absolute Gasteiger partial charge is 0.118 e. The Morgan fingerprint density at radius 1 is 0.818 bits per heavy atom. The summed E-state index contributed by atoms with van der Waals surface area (Å²) < 4.78 is 5.38. The molecule has 5 rings (SSSR count). The molecule has 1 aliphatic rings. The van der Waals surface area contributed by atoms with Crippen molar-refractivity contribution in [1.82, 2.24) is 4.90 Å². The van der Waals surface area contributed by atoms with Gasteiger partial charge in [0.05, 0.1) is 13.2 Å². The van der Waals surface area contributed by atoms with E-state index in [4.69, 9.17) is 4.74 Å². The first-order chi connectivity index (χ1) is 16.3. The van der Waals surface area contributed by atoms with Crippen LogP contribution >= 0.6 is 0 Å². The minimum absolute atomic E-state index is 0.293. The van der Waals surface area contributed by atoms with Crippen LogP contribution in [0.5, 0.6) is 5.75 Å². The van der Waals surface area contributed by atoms with E-state index in [1.165, 1.54) is 40.4 Å². The van der Waals surface area contributed by atoms with Crippen molar-refractivity contribution in [1.29, 1.82) is 0 Å². The lowest BCUT2D eigenvalue weighted by Gasteiger charge is -2.37. The fourth-order valence-corrected chi connectivity index (χ4v) is 5.04. The van der Waals surface area contributed by atoms with Crippen molar-refractivity contribution in [3.05, 3.63) is 108 Å². The molecule has 0 bridgehead atoms. The first kappa shape index (κ1) is 21.5. The van der Waals surface area contributed by atoms with Gasteiger partial charge in [-0.25, -0.2) is 0 Å². The molecule has 0 radical (unpaired) electrons. The molecule has 0 saturated carbocycles. The van der Waals surface area contributed by atoms with Crippen molar-refractivity contribution in [2.45, 2.75) is 25.4 Å². The number of likely N-dealkylation sites (tertiary alicyclic amines) is 1. The highest BCUT2D eigenvalue weighted by atomic mass is 16.5. The Labute approximate surface area is 197 Å². The topological polar surface area (TPSA) is 24.5 Å². The number of anilines is 1. The van der Waals surface area contributed by atoms with Gasteiger partial charge in [0.15, 0.2) is 0 Å². The Kier molecular flexibility index (Phi) is 6.59. The van der Waals surface area contributed by atoms with Crippen LogP contribution in [0.2, 0.25) is 0 Å². The number of nitrogens with zero attached hydrogens (tertiary/aromatic N) is 1. The number of para-hydroxylation sites is 1. The maximum atomic E-state index is 5.38. The summed E-state index contributed by atoms with van der Waals surface area (Å²) in [7, 11) is 1.72. The lowest BCUT2D eigenvalue weighted by Crippen LogP contribution is -2.36. The van der Waals surface area contributed by atoms with Gasteiger partial charge in [0.1, 0.15) is 5.75 Å². The molecule has 4 aromatic rings. The Hall–Kier alpha value is -3.30. The van der Waals surface area contributed by atoms with E-state index < -0.39 is 0 Å². The fourth-order valence-electron chi connectivity index (χ4n) is 5.04. The van der Waals surface area contributed by atoms with Crippen LogP contribution in [0.1, 0.15) is 30.0 Å². The highest BCUT2D eigenvalue weighted by Gasteiger charge is 2.28. The third kappa shape index (κ3) is 5.20. The van der Waals surface area contributed by atoms with Gasteiger partial charge in [0, 0.05) is 12.2 Å². The number of rotatable bonds is 7. The third-order valence-electron chi connectivity index (χ3n) is 6.89. The lowest BCUT2D eigenvalue weighted by atomic mass is 9.85. The highest BCUT2D eigenvalue weighted by molar-refractivity contribution is 5.82. The fraction of sp³-hybridized carbons (Fsp3) is 0.267. The zero-order chi connectivity index (χ0) is 22.5. The summed E-state index contributed by atoms with van der Waals surface area (Å²) in [5, 5.41) is 6.47. The van der Waals surface area contributed by atoms with Crippen LogP contribution in [0.15, 0.2) is 97.1 Å². The van der Waals surface area contributed by atoms with Gasteiger partial charge in [-0.3, -0.25) is 4.90 Å². The molecule has 1 N–H and O–H groups in total. The van der Waals surface area contributed by atoms with Crippen molar-refractivity contribution in [3.63, 3.8) is 0 Å². The number of fused-ring (bicyclic) bond motifs is 1. The molecular weight excluding hydrogens is 404 g/mol. The van der Waals surface area contributed by atoms with Gasteiger partial charge in [0.2, 0.25) is 0 Å². The summed E-state index contributed by atoms with van der Waals surface area (Å²) in [5.41, 5.74) is 3.91. The van der Waals surface area contributed by atoms with Gasteiger partial charge in [-0.2, -0.15) is 0 Å². The van der Waals surface area contributed by atoms with E-state index in [9.17, 15) is 0 Å². The SMILES string of the molecule is COc1ccc(C(Nc2ccccc2)C2CCN(Cc3ccc4ccccc4c3)CC2)cc1. The monoisotopic (exact) mass is 436 g/mol. The number of hydrogen-bond acceptors (Lipinski definition) is 3. The third-order valence-corrected chi connectivity index (χ3v) is 6.89. The summed E-state index contributed by atoms with van der Waals surface area (Å²) >= 11 is 0. The lowest BCUT2D eigenvalue weighted by molar-refractivity contribution is 0.166. The van der Waals surface area contributed by atoms with Gasteiger partial charge < -0.3 is 10.1 Å². The van der Waals surface area contributed by atoms with Crippen molar-refractivity contribution in [3.8, 4) is 5.75 Å². The number of hydrogen-bond donors (Lipinski definition) is 1. The maximum Gasteiger partial charge on any atom is 0.118 e. The van der Waals surface area contributed by atoms with Gasteiger partial charge in [0.25, 0.3) is 0 Å². The summed E-state index contributed by atoms with van der Waals surface area (Å²) in [4.78, 5) is 2.61. The molecule has 1 fully saturated rings. The second kappa shape index (κ2) is 10.1. The van der Waals surface area contributed by atoms with Crippen molar-refractivity contribution < 1.29 is 4.74 Å². The predicted molar refractivity (Wildman–Crippen MR) is 138 cm³/mol. The van der Waals surface area contributed by atoms with E-state index >= 15 is 0 Å². The first-order valence-corrected chi connectivity index (χ1v) is 11.9. The van der Waals surface area contributed by atoms with Crippen LogP contribution in [-0.4, -0.2) is 25.1 Å². The number of nitrogens with one attached hydrogen (secondary N) is 1. The van der Waals surface area contributed by atoms with Crippen LogP contribution in [-0.2, 0) is 6.54 Å². The van der Waals surface area contributed by atoms with Gasteiger partial charge in [-0.15, -0.1) is 0 Å². The highest BCUT2D eigenvalue weighted by Crippen LogP contribution is 2.35. The molecule has 0 spiro atoms. The molecule has 0 amide bonds. The molecule has 3 heteroatoms. The molecule has 0 aliphatic carbocycles. The molecule has 1 unspecified atom stereocenters. The largest absolute Gasteiger partial charge is 0.497 e. The normalized spacial score (nSPS) is 15.9. The average Bonchev–Trinajstić information content (AvgIpc) is 2.88. The molecule has 0 aromatic heterocycles. The second-order valence-corrected chi connectivity index (χ2v) is 9.06. The van der Waals surface area contributed by atoms with E-state index in [2.05, 4.69) is 107 Å². The molecule has 1 aliphatic heterocycles. The molecule has 1 atom stereocenters. The second-order valence-electron chi connectivity index (χ2n) is 9.06. The summed E-state index contributed by atoms with van der Waals surface area (Å²) in [6.07, 6.45) is 2.37. The zero-order valence-corrected chi connectivity index (χ0v) is 19.3. The Morgan fingerprint density at radius 2 is 1.52 bits per heavy atom. The van der Waals surface area contributed by atoms with Gasteiger partial charge in [-0.1, -0.05) is 66.7 Å². The summed E-state index contributed by atoms with van der Waals surface area (Å²) in [5.74, 6) is 1.49. The van der Waals surface area contributed by atoms with Crippen molar-refractivity contribution >= 4 is 16.5 Å². The predicted octanol–water partition coefficient (Wildman–Crippen LogP) is 6.91. The van der Waals surface area contributed by atoms with E-state index in [0.29, 0.717) is 12.0 Å². The molecular formula is C30H32N2O. The van der Waals surface area contributed by atoms with Crippen LogP contribution < -0.4 is 10.1 Å². The first-order valence-electron chi connectivity index (χ1n) is 11.9. The van der Waals surface area contributed by atoms with Gasteiger partial charge in [-0.05, 0) is 84.1 Å². The maximum absolute atomic E-state index is 5.38. The molecule has 33 heavy (non-hydrogen) atoms. The molecule has 1 heterocycles. The number of benzene rings is 4. The number of piperidine rings is 1. The van der Waals surface area contributed by atoms with E-state index in [0.717, 1.165) is 25.4 Å². The van der Waals surface area contributed by atoms with Crippen LogP contribution in [0, 0.1) is 5.92 Å². The summed E-state index contributed by atoms with van der Waals surface area (Å²) in [6.45, 7) is 3.28. The van der Waals surface area contributed by atoms with Gasteiger partial charge >= 0.3 is 0 Å². The molecule has 168 valence electrons. The van der Waals surface area contributed by atoms with E-state index in [-0.39, 0.29) is 0 Å². The average molecular weight is 437 g/mol. The quantitative estimate of drug-likeness (QED) is 0.340. The number of ether oxygens (including phenoxy) is 1.